The van der Waals surface area contributed by atoms with Crippen molar-refractivity contribution in [3.05, 3.63) is 79.3 Å². The molecule has 0 atom stereocenters. The van der Waals surface area contributed by atoms with Crippen LogP contribution in [0, 0.1) is 0 Å². The second-order valence-corrected chi connectivity index (χ2v) is 10.4. The van der Waals surface area contributed by atoms with Gasteiger partial charge in [-0.3, -0.25) is 0 Å². The molecule has 0 unspecified atom stereocenters. The van der Waals surface area contributed by atoms with Crippen molar-refractivity contribution < 1.29 is 14.6 Å². The lowest BCUT2D eigenvalue weighted by molar-refractivity contribution is -0.137. The molecule has 1 aliphatic heterocycles. The Morgan fingerprint density at radius 1 is 1.03 bits per heavy atom. The van der Waals surface area contributed by atoms with Gasteiger partial charge in [-0.15, -0.1) is 0 Å². The van der Waals surface area contributed by atoms with E-state index in [4.69, 9.17) is 4.74 Å². The molecule has 0 saturated carbocycles. The average molecular weight is 457 g/mol. The van der Waals surface area contributed by atoms with Gasteiger partial charge in [-0.25, -0.2) is 4.79 Å². The van der Waals surface area contributed by atoms with Gasteiger partial charge in [-0.1, -0.05) is 93.7 Å². The van der Waals surface area contributed by atoms with E-state index in [2.05, 4.69) is 52.0 Å². The van der Waals surface area contributed by atoms with Crippen LogP contribution in [0.5, 0.6) is 5.75 Å². The number of phenolic OH excluding ortho intramolecular Hbond substituents is 1. The minimum atomic E-state index is -0.265. The highest BCUT2D eigenvalue weighted by Gasteiger charge is 2.24. The van der Waals surface area contributed by atoms with E-state index in [0.29, 0.717) is 23.2 Å². The summed E-state index contributed by atoms with van der Waals surface area (Å²) in [6, 6.07) is 16.2. The fourth-order valence-corrected chi connectivity index (χ4v) is 5.34. The van der Waals surface area contributed by atoms with Gasteiger partial charge < -0.3 is 9.84 Å². The summed E-state index contributed by atoms with van der Waals surface area (Å²) in [6.45, 7) is 12.6. The van der Waals surface area contributed by atoms with E-state index in [1.807, 2.05) is 31.2 Å². The Hall–Kier alpha value is -2.11. The van der Waals surface area contributed by atoms with Crippen molar-refractivity contribution in [3.8, 4) is 5.75 Å². The van der Waals surface area contributed by atoms with Crippen molar-refractivity contribution in [1.82, 2.24) is 0 Å². The van der Waals surface area contributed by atoms with Crippen LogP contribution < -0.4 is 0 Å². The van der Waals surface area contributed by atoms with Crippen molar-refractivity contribution in [2.75, 3.05) is 6.61 Å². The minimum Gasteiger partial charge on any atom is -0.508 e. The Bertz CT molecular complexity index is 944. The van der Waals surface area contributed by atoms with Crippen LogP contribution in [-0.2, 0) is 9.53 Å². The van der Waals surface area contributed by atoms with Gasteiger partial charge in [-0.05, 0) is 54.5 Å². The molecule has 0 saturated heterocycles. The maximum Gasteiger partial charge on any atom is 0.345 e. The van der Waals surface area contributed by atoms with E-state index in [-0.39, 0.29) is 11.9 Å². The lowest BCUT2D eigenvalue weighted by Crippen LogP contribution is -2.04. The standard InChI is InChI=1S/C17H20O3S2.C9H12/c1-5-20-17(19)16-11(4)21-15(22-16)9-12-6-7-13(10(2)3)14(18)8-12;1-8(2)9-6-4-3-5-7-9/h6-10,18H,5H2,1-4H3;3-8H,1-2H3/b15-9+;. The molecule has 166 valence electrons. The maximum absolute atomic E-state index is 11.8. The third kappa shape index (κ3) is 7.51. The third-order valence-electron chi connectivity index (χ3n) is 4.66. The minimum absolute atomic E-state index is 0.265. The van der Waals surface area contributed by atoms with Gasteiger partial charge in [0, 0.05) is 4.91 Å². The van der Waals surface area contributed by atoms with Gasteiger partial charge in [-0.2, -0.15) is 0 Å². The monoisotopic (exact) mass is 456 g/mol. The summed E-state index contributed by atoms with van der Waals surface area (Å²) in [6.07, 6.45) is 1.98. The van der Waals surface area contributed by atoms with Crippen molar-refractivity contribution in [2.24, 2.45) is 0 Å². The number of phenols is 1. The Labute approximate surface area is 195 Å². The molecule has 0 aromatic heterocycles. The first-order valence-electron chi connectivity index (χ1n) is 10.6. The fourth-order valence-electron chi connectivity index (χ4n) is 2.94. The van der Waals surface area contributed by atoms with Crippen LogP contribution in [0.3, 0.4) is 0 Å². The molecule has 1 N–H and O–H groups in total. The number of rotatable bonds is 5. The molecule has 0 aliphatic carbocycles. The van der Waals surface area contributed by atoms with E-state index < -0.39 is 0 Å². The molecule has 0 bridgehead atoms. The average Bonchev–Trinajstić information content (AvgIpc) is 3.09. The molecule has 2 aromatic rings. The number of ether oxygens (including phenoxy) is 1. The van der Waals surface area contributed by atoms with E-state index in [1.54, 1.807) is 24.8 Å². The lowest BCUT2D eigenvalue weighted by Gasteiger charge is -2.08. The van der Waals surface area contributed by atoms with Crippen molar-refractivity contribution in [1.29, 1.82) is 0 Å². The van der Waals surface area contributed by atoms with Gasteiger partial charge in [0.05, 0.1) is 10.8 Å². The Morgan fingerprint density at radius 3 is 2.23 bits per heavy atom. The summed E-state index contributed by atoms with van der Waals surface area (Å²) in [5, 5.41) is 10.1. The number of thioether (sulfide) groups is 2. The molecule has 1 aliphatic rings. The fraction of sp³-hybridized carbons (Fsp3) is 0.346. The number of allylic oxidation sites excluding steroid dienone is 1. The second kappa shape index (κ2) is 12.1. The second-order valence-electron chi connectivity index (χ2n) is 7.81. The van der Waals surface area contributed by atoms with Gasteiger partial charge in [0.15, 0.2) is 0 Å². The van der Waals surface area contributed by atoms with E-state index in [1.165, 1.54) is 17.3 Å². The number of hydrogen-bond donors (Lipinski definition) is 1. The van der Waals surface area contributed by atoms with E-state index in [0.717, 1.165) is 20.3 Å². The van der Waals surface area contributed by atoms with Crippen LogP contribution in [0.2, 0.25) is 0 Å². The molecular weight excluding hydrogens is 424 g/mol. The van der Waals surface area contributed by atoms with E-state index in [9.17, 15) is 9.90 Å². The number of hydrogen-bond acceptors (Lipinski definition) is 5. The molecule has 3 rings (SSSR count). The molecule has 0 fully saturated rings. The molecule has 2 aromatic carbocycles. The zero-order valence-electron chi connectivity index (χ0n) is 19.1. The van der Waals surface area contributed by atoms with Crippen LogP contribution in [0.1, 0.15) is 70.1 Å². The van der Waals surface area contributed by atoms with Gasteiger partial charge >= 0.3 is 5.97 Å². The molecular formula is C26H32O3S2. The van der Waals surface area contributed by atoms with Crippen molar-refractivity contribution in [2.45, 2.75) is 53.4 Å². The summed E-state index contributed by atoms with van der Waals surface area (Å²) in [4.78, 5) is 13.5. The topological polar surface area (TPSA) is 46.5 Å². The van der Waals surface area contributed by atoms with Crippen molar-refractivity contribution in [3.63, 3.8) is 0 Å². The summed E-state index contributed by atoms with van der Waals surface area (Å²) in [5.74, 6) is 0.994. The maximum atomic E-state index is 11.8. The molecule has 0 radical (unpaired) electrons. The molecule has 0 amide bonds. The lowest BCUT2D eigenvalue weighted by atomic mass is 10.0. The summed E-state index contributed by atoms with van der Waals surface area (Å²) >= 11 is 2.99. The normalized spacial score (nSPS) is 14.8. The predicted molar refractivity (Wildman–Crippen MR) is 135 cm³/mol. The van der Waals surface area contributed by atoms with Crippen LogP contribution in [-0.4, -0.2) is 17.7 Å². The van der Waals surface area contributed by atoms with Gasteiger partial charge in [0.25, 0.3) is 0 Å². The Kier molecular flexibility index (Phi) is 9.79. The number of esters is 1. The van der Waals surface area contributed by atoms with Crippen LogP contribution in [0.25, 0.3) is 6.08 Å². The summed E-state index contributed by atoms with van der Waals surface area (Å²) in [5.41, 5.74) is 3.28. The van der Waals surface area contributed by atoms with E-state index >= 15 is 0 Å². The van der Waals surface area contributed by atoms with Gasteiger partial charge in [0.2, 0.25) is 0 Å². The summed E-state index contributed by atoms with van der Waals surface area (Å²) in [7, 11) is 0. The predicted octanol–water partition coefficient (Wildman–Crippen LogP) is 7.90. The number of carbonyl (C=O) groups excluding carboxylic acids is 1. The highest BCUT2D eigenvalue weighted by Crippen LogP contribution is 2.50. The number of carbonyl (C=O) groups is 1. The first-order valence-corrected chi connectivity index (χ1v) is 12.2. The number of aromatic hydroxyl groups is 1. The quantitative estimate of drug-likeness (QED) is 0.463. The SMILES string of the molecule is CC(C)c1ccccc1.CCOC(=O)C1=C(C)S/C(=C\c2ccc(C(C)C)c(O)c2)S1. The highest BCUT2D eigenvalue weighted by atomic mass is 32.2. The summed E-state index contributed by atoms with van der Waals surface area (Å²) < 4.78 is 6.07. The van der Waals surface area contributed by atoms with Crippen LogP contribution >= 0.6 is 23.5 Å². The van der Waals surface area contributed by atoms with Crippen LogP contribution in [0.4, 0.5) is 0 Å². The smallest absolute Gasteiger partial charge is 0.345 e. The Balaban J connectivity index is 0.000000316. The first-order chi connectivity index (χ1) is 14.7. The Morgan fingerprint density at radius 2 is 1.71 bits per heavy atom. The molecule has 1 heterocycles. The molecule has 5 heteroatoms. The highest BCUT2D eigenvalue weighted by molar-refractivity contribution is 8.29. The van der Waals surface area contributed by atoms with Crippen LogP contribution in [0.15, 0.2) is 62.6 Å². The largest absolute Gasteiger partial charge is 0.508 e. The molecule has 0 spiro atoms. The molecule has 3 nitrogen and oxygen atoms in total. The number of benzene rings is 2. The zero-order valence-corrected chi connectivity index (χ0v) is 20.8. The first kappa shape index (κ1) is 25.2. The molecule has 31 heavy (non-hydrogen) atoms. The van der Waals surface area contributed by atoms with Gasteiger partial charge in [0.1, 0.15) is 10.7 Å². The zero-order chi connectivity index (χ0) is 23.0. The van der Waals surface area contributed by atoms with Crippen molar-refractivity contribution >= 4 is 35.6 Å². The third-order valence-corrected chi connectivity index (χ3v) is 7.12.